The molecule has 6 heteroatoms. The van der Waals surface area contributed by atoms with Crippen molar-refractivity contribution in [2.75, 3.05) is 0 Å². The van der Waals surface area contributed by atoms with Gasteiger partial charge in [-0.3, -0.25) is 0 Å². The summed E-state index contributed by atoms with van der Waals surface area (Å²) in [7, 11) is -3.69. The minimum atomic E-state index is -3.69. The molecule has 0 radical (unpaired) electrons. The van der Waals surface area contributed by atoms with Crippen molar-refractivity contribution in [1.29, 1.82) is 0 Å². The lowest BCUT2D eigenvalue weighted by Crippen LogP contribution is -2.05. The van der Waals surface area contributed by atoms with Crippen molar-refractivity contribution in [1.82, 2.24) is 9.97 Å². The summed E-state index contributed by atoms with van der Waals surface area (Å²) in [6.07, 6.45) is 2.48. The SMILES string of the molecule is O=S(=O)(c1ccccn1)c1ccc(O)cn1. The van der Waals surface area contributed by atoms with Gasteiger partial charge in [-0.1, -0.05) is 6.07 Å². The summed E-state index contributed by atoms with van der Waals surface area (Å²) in [5.74, 6) is -0.0834. The van der Waals surface area contributed by atoms with Gasteiger partial charge in [0.05, 0.1) is 6.20 Å². The summed E-state index contributed by atoms with van der Waals surface area (Å²) >= 11 is 0. The molecular formula is C10H8N2O3S. The summed E-state index contributed by atoms with van der Waals surface area (Å²) < 4.78 is 23.9. The summed E-state index contributed by atoms with van der Waals surface area (Å²) in [4.78, 5) is 7.41. The van der Waals surface area contributed by atoms with Crippen LogP contribution in [0.2, 0.25) is 0 Å². The first-order valence-electron chi connectivity index (χ1n) is 4.42. The molecule has 0 amide bonds. The number of rotatable bonds is 2. The van der Waals surface area contributed by atoms with Crippen LogP contribution in [-0.4, -0.2) is 23.5 Å². The van der Waals surface area contributed by atoms with Crippen LogP contribution in [0.3, 0.4) is 0 Å². The highest BCUT2D eigenvalue weighted by molar-refractivity contribution is 7.91. The molecule has 0 bridgehead atoms. The molecule has 82 valence electrons. The lowest BCUT2D eigenvalue weighted by Gasteiger charge is -2.01. The number of hydrogen-bond donors (Lipinski definition) is 1. The normalized spacial score (nSPS) is 11.2. The topological polar surface area (TPSA) is 80.2 Å². The van der Waals surface area contributed by atoms with E-state index in [1.807, 2.05) is 0 Å². The van der Waals surface area contributed by atoms with Crippen LogP contribution < -0.4 is 0 Å². The molecule has 0 spiro atoms. The Balaban J connectivity index is 2.52. The number of aromatic hydroxyl groups is 1. The molecule has 16 heavy (non-hydrogen) atoms. The molecule has 0 aliphatic heterocycles. The van der Waals surface area contributed by atoms with Gasteiger partial charge in [-0.2, -0.15) is 0 Å². The molecule has 0 aromatic carbocycles. The van der Waals surface area contributed by atoms with E-state index in [4.69, 9.17) is 5.11 Å². The van der Waals surface area contributed by atoms with Gasteiger partial charge in [0.2, 0.25) is 9.84 Å². The molecule has 0 atom stereocenters. The molecule has 2 rings (SSSR count). The molecule has 0 saturated carbocycles. The van der Waals surface area contributed by atoms with Crippen LogP contribution in [0.15, 0.2) is 52.8 Å². The number of hydrogen-bond acceptors (Lipinski definition) is 5. The number of sulfone groups is 1. The first-order chi connectivity index (χ1) is 7.60. The second kappa shape index (κ2) is 3.90. The van der Waals surface area contributed by atoms with Crippen LogP contribution in [0.5, 0.6) is 5.75 Å². The fourth-order valence-corrected chi connectivity index (χ4v) is 2.25. The average molecular weight is 236 g/mol. The zero-order valence-corrected chi connectivity index (χ0v) is 8.92. The third-order valence-electron chi connectivity index (χ3n) is 1.91. The van der Waals surface area contributed by atoms with E-state index < -0.39 is 9.84 Å². The fraction of sp³-hybridized carbons (Fsp3) is 0. The predicted molar refractivity (Wildman–Crippen MR) is 55.6 cm³/mol. The number of aromatic nitrogens is 2. The molecule has 2 aromatic rings. The van der Waals surface area contributed by atoms with Gasteiger partial charge in [0.25, 0.3) is 0 Å². The van der Waals surface area contributed by atoms with E-state index in [0.717, 1.165) is 6.20 Å². The van der Waals surface area contributed by atoms with Crippen LogP contribution in [-0.2, 0) is 9.84 Å². The second-order valence-electron chi connectivity index (χ2n) is 3.03. The Labute approximate surface area is 92.3 Å². The van der Waals surface area contributed by atoms with Crippen molar-refractivity contribution in [3.8, 4) is 5.75 Å². The molecular weight excluding hydrogens is 228 g/mol. The summed E-state index contributed by atoms with van der Waals surface area (Å²) in [6, 6.07) is 7.11. The molecule has 1 N–H and O–H groups in total. The third-order valence-corrected chi connectivity index (χ3v) is 3.49. The highest BCUT2D eigenvalue weighted by atomic mass is 32.2. The Bertz CT molecular complexity index is 579. The zero-order chi connectivity index (χ0) is 11.6. The lowest BCUT2D eigenvalue weighted by molar-refractivity contribution is 0.471. The Morgan fingerprint density at radius 3 is 2.31 bits per heavy atom. The van der Waals surface area contributed by atoms with Gasteiger partial charge in [-0.15, -0.1) is 0 Å². The van der Waals surface area contributed by atoms with E-state index in [1.54, 1.807) is 12.1 Å². The fourth-order valence-electron chi connectivity index (χ4n) is 1.14. The monoisotopic (exact) mass is 236 g/mol. The van der Waals surface area contributed by atoms with Crippen molar-refractivity contribution in [2.45, 2.75) is 10.1 Å². The molecule has 0 aliphatic carbocycles. The maximum atomic E-state index is 11.9. The molecule has 5 nitrogen and oxygen atoms in total. The molecule has 0 aliphatic rings. The van der Waals surface area contributed by atoms with E-state index in [2.05, 4.69) is 9.97 Å². The molecule has 0 fully saturated rings. The Hall–Kier alpha value is -1.95. The zero-order valence-electron chi connectivity index (χ0n) is 8.11. The smallest absolute Gasteiger partial charge is 0.241 e. The standard InChI is InChI=1S/C10H8N2O3S/c13-8-4-5-10(12-7-8)16(14,15)9-3-1-2-6-11-9/h1-7,13H. The number of pyridine rings is 2. The first-order valence-corrected chi connectivity index (χ1v) is 5.90. The first kappa shape index (κ1) is 10.6. The largest absolute Gasteiger partial charge is 0.506 e. The van der Waals surface area contributed by atoms with Gasteiger partial charge in [0.1, 0.15) is 5.75 Å². The van der Waals surface area contributed by atoms with Gasteiger partial charge in [-0.05, 0) is 24.3 Å². The van der Waals surface area contributed by atoms with Crippen LogP contribution in [0.1, 0.15) is 0 Å². The van der Waals surface area contributed by atoms with E-state index in [0.29, 0.717) is 0 Å². The van der Waals surface area contributed by atoms with E-state index in [1.165, 1.54) is 24.4 Å². The lowest BCUT2D eigenvalue weighted by atomic mass is 10.5. The van der Waals surface area contributed by atoms with E-state index in [-0.39, 0.29) is 15.8 Å². The van der Waals surface area contributed by atoms with Gasteiger partial charge in [0.15, 0.2) is 10.1 Å². The van der Waals surface area contributed by atoms with Crippen LogP contribution in [0.4, 0.5) is 0 Å². The Kier molecular flexibility index (Phi) is 2.57. The van der Waals surface area contributed by atoms with Crippen LogP contribution in [0.25, 0.3) is 0 Å². The highest BCUT2D eigenvalue weighted by Crippen LogP contribution is 2.17. The summed E-state index contributed by atoms with van der Waals surface area (Å²) in [5, 5.41) is 8.82. The molecule has 0 saturated heterocycles. The molecule has 0 unspecified atom stereocenters. The Morgan fingerprint density at radius 2 is 1.75 bits per heavy atom. The summed E-state index contributed by atoms with van der Waals surface area (Å²) in [6.45, 7) is 0. The Morgan fingerprint density at radius 1 is 1.00 bits per heavy atom. The predicted octanol–water partition coefficient (Wildman–Crippen LogP) is 1.01. The van der Waals surface area contributed by atoms with Crippen molar-refractivity contribution >= 4 is 9.84 Å². The quantitative estimate of drug-likeness (QED) is 0.841. The van der Waals surface area contributed by atoms with Gasteiger partial charge < -0.3 is 5.11 Å². The maximum absolute atomic E-state index is 11.9. The molecule has 2 heterocycles. The van der Waals surface area contributed by atoms with Crippen molar-refractivity contribution in [3.05, 3.63) is 42.7 Å². The maximum Gasteiger partial charge on any atom is 0.241 e. The van der Waals surface area contributed by atoms with Gasteiger partial charge >= 0.3 is 0 Å². The van der Waals surface area contributed by atoms with Gasteiger partial charge in [-0.25, -0.2) is 18.4 Å². The van der Waals surface area contributed by atoms with E-state index >= 15 is 0 Å². The minimum absolute atomic E-state index is 0.0619. The third kappa shape index (κ3) is 1.87. The second-order valence-corrected chi connectivity index (χ2v) is 4.87. The van der Waals surface area contributed by atoms with Crippen molar-refractivity contribution in [2.24, 2.45) is 0 Å². The van der Waals surface area contributed by atoms with Crippen molar-refractivity contribution < 1.29 is 13.5 Å². The van der Waals surface area contributed by atoms with Gasteiger partial charge in [0, 0.05) is 6.20 Å². The minimum Gasteiger partial charge on any atom is -0.506 e. The molecule has 2 aromatic heterocycles. The van der Waals surface area contributed by atoms with Crippen molar-refractivity contribution in [3.63, 3.8) is 0 Å². The highest BCUT2D eigenvalue weighted by Gasteiger charge is 2.19. The van der Waals surface area contributed by atoms with Crippen LogP contribution in [0, 0.1) is 0 Å². The van der Waals surface area contributed by atoms with Crippen LogP contribution >= 0.6 is 0 Å². The van der Waals surface area contributed by atoms with E-state index in [9.17, 15) is 8.42 Å². The summed E-state index contributed by atoms with van der Waals surface area (Å²) in [5.41, 5.74) is 0. The number of nitrogens with zero attached hydrogens (tertiary/aromatic N) is 2. The average Bonchev–Trinajstić information content (AvgIpc) is 2.31.